The Morgan fingerprint density at radius 1 is 0.879 bits per heavy atom. The second-order valence-electron chi connectivity index (χ2n) is 7.95. The lowest BCUT2D eigenvalue weighted by Crippen LogP contribution is -2.63. The fraction of sp³-hybridized carbons (Fsp3) is 0.429. The van der Waals surface area contributed by atoms with Crippen molar-refractivity contribution in [2.24, 2.45) is 0 Å². The van der Waals surface area contributed by atoms with E-state index in [1.807, 2.05) is 0 Å². The SMILES string of the molecule is OC[C@H]1O[C@H](O[C@@]2(c3ccc(O)c(O)c3)Oc3cc(O)cc(O)c3C[C@@H]2O)[C@H](O)[C@@H](O)[C@@H]1O. The highest BCUT2D eigenvalue weighted by molar-refractivity contribution is 5.52. The largest absolute Gasteiger partial charge is 0.508 e. The van der Waals surface area contributed by atoms with Crippen molar-refractivity contribution in [3.05, 3.63) is 41.5 Å². The summed E-state index contributed by atoms with van der Waals surface area (Å²) in [5.41, 5.74) is 0.0760. The van der Waals surface area contributed by atoms with Gasteiger partial charge in [0.05, 0.1) is 6.61 Å². The minimum atomic E-state index is -2.26. The van der Waals surface area contributed by atoms with Gasteiger partial charge >= 0.3 is 0 Å². The molecule has 180 valence electrons. The minimum absolute atomic E-state index is 0.0595. The number of rotatable bonds is 4. The van der Waals surface area contributed by atoms with E-state index < -0.39 is 60.7 Å². The van der Waals surface area contributed by atoms with Crippen LogP contribution < -0.4 is 4.74 Å². The first-order valence-corrected chi connectivity index (χ1v) is 10.00. The lowest BCUT2D eigenvalue weighted by atomic mass is 9.90. The third-order valence-electron chi connectivity index (χ3n) is 5.79. The standard InChI is InChI=1S/C21H24O12/c22-7-15-17(28)18(29)19(30)20(31-15)33-21(8-1-2-11(24)13(26)3-8)16(27)6-10-12(25)4-9(23)5-14(10)32-21/h1-5,15-20,22-30H,6-7H2/t15-,16+,17-,18+,19-,20-,21-/m1/s1. The van der Waals surface area contributed by atoms with E-state index in [0.29, 0.717) is 0 Å². The molecule has 9 N–H and O–H groups in total. The Morgan fingerprint density at radius 2 is 1.61 bits per heavy atom. The number of aliphatic hydroxyl groups is 5. The van der Waals surface area contributed by atoms with E-state index in [4.69, 9.17) is 14.2 Å². The number of aliphatic hydroxyl groups excluding tert-OH is 5. The van der Waals surface area contributed by atoms with Crippen molar-refractivity contribution in [1.82, 2.24) is 0 Å². The molecule has 0 aromatic heterocycles. The second-order valence-corrected chi connectivity index (χ2v) is 7.95. The molecule has 0 aliphatic carbocycles. The van der Waals surface area contributed by atoms with Gasteiger partial charge in [-0.2, -0.15) is 0 Å². The van der Waals surface area contributed by atoms with Crippen molar-refractivity contribution in [2.75, 3.05) is 6.61 Å². The van der Waals surface area contributed by atoms with Gasteiger partial charge in [-0.05, 0) is 18.2 Å². The van der Waals surface area contributed by atoms with E-state index in [9.17, 15) is 46.0 Å². The summed E-state index contributed by atoms with van der Waals surface area (Å²) in [5.74, 6) is -4.16. The van der Waals surface area contributed by atoms with Crippen LogP contribution in [-0.4, -0.2) is 89.4 Å². The van der Waals surface area contributed by atoms with Crippen molar-refractivity contribution >= 4 is 0 Å². The van der Waals surface area contributed by atoms with E-state index in [-0.39, 0.29) is 34.8 Å². The van der Waals surface area contributed by atoms with Gasteiger partial charge in [0.1, 0.15) is 47.8 Å². The number of phenols is 4. The van der Waals surface area contributed by atoms with Crippen LogP contribution in [0, 0.1) is 0 Å². The third-order valence-corrected chi connectivity index (χ3v) is 5.79. The molecule has 12 nitrogen and oxygen atoms in total. The molecule has 2 heterocycles. The molecule has 0 bridgehead atoms. The molecule has 0 amide bonds. The number of fused-ring (bicyclic) bond motifs is 1. The lowest BCUT2D eigenvalue weighted by Gasteiger charge is -2.47. The number of hydrogen-bond acceptors (Lipinski definition) is 12. The summed E-state index contributed by atoms with van der Waals surface area (Å²) in [6.45, 7) is -0.730. The highest BCUT2D eigenvalue weighted by Gasteiger charge is 2.54. The molecule has 1 fully saturated rings. The maximum absolute atomic E-state index is 11.1. The number of aromatic hydroxyl groups is 4. The van der Waals surface area contributed by atoms with Gasteiger partial charge in [0.2, 0.25) is 0 Å². The highest BCUT2D eigenvalue weighted by atomic mass is 16.8. The predicted molar refractivity (Wildman–Crippen MR) is 106 cm³/mol. The molecular formula is C21H24O12. The van der Waals surface area contributed by atoms with Crippen LogP contribution in [0.3, 0.4) is 0 Å². The van der Waals surface area contributed by atoms with E-state index >= 15 is 0 Å². The zero-order valence-electron chi connectivity index (χ0n) is 17.0. The Morgan fingerprint density at radius 3 is 2.27 bits per heavy atom. The molecule has 4 rings (SSSR count). The first-order valence-electron chi connectivity index (χ1n) is 10.00. The monoisotopic (exact) mass is 468 g/mol. The predicted octanol–water partition coefficient (Wildman–Crippen LogP) is -1.53. The van der Waals surface area contributed by atoms with Gasteiger partial charge in [0, 0.05) is 29.7 Å². The van der Waals surface area contributed by atoms with E-state index in [1.54, 1.807) is 0 Å². The average molecular weight is 468 g/mol. The van der Waals surface area contributed by atoms with Gasteiger partial charge in [-0.25, -0.2) is 0 Å². The molecule has 2 aromatic carbocycles. The molecule has 2 aliphatic rings. The van der Waals surface area contributed by atoms with Gasteiger partial charge in [0.15, 0.2) is 17.8 Å². The molecule has 0 spiro atoms. The Balaban J connectivity index is 1.81. The van der Waals surface area contributed by atoms with Gasteiger partial charge in [-0.15, -0.1) is 0 Å². The number of ether oxygens (including phenoxy) is 3. The zero-order chi connectivity index (χ0) is 24.1. The average Bonchev–Trinajstić information content (AvgIpc) is 2.77. The van der Waals surface area contributed by atoms with Crippen molar-refractivity contribution in [3.8, 4) is 28.7 Å². The summed E-state index contributed by atoms with van der Waals surface area (Å²) < 4.78 is 17.1. The van der Waals surface area contributed by atoms with Gasteiger partial charge in [-0.3, -0.25) is 0 Å². The fourth-order valence-electron chi connectivity index (χ4n) is 3.97. The molecule has 2 aliphatic heterocycles. The van der Waals surface area contributed by atoms with Crippen molar-refractivity contribution in [2.45, 2.75) is 49.0 Å². The minimum Gasteiger partial charge on any atom is -0.508 e. The first kappa shape index (κ1) is 23.3. The lowest BCUT2D eigenvalue weighted by molar-refractivity contribution is -0.378. The zero-order valence-corrected chi connectivity index (χ0v) is 17.0. The van der Waals surface area contributed by atoms with Gasteiger partial charge in [-0.1, -0.05) is 0 Å². The third kappa shape index (κ3) is 3.91. The number of phenolic OH excluding ortho intramolecular Hbond substituents is 4. The summed E-state index contributed by atoms with van der Waals surface area (Å²) >= 11 is 0. The summed E-state index contributed by atoms with van der Waals surface area (Å²) in [4.78, 5) is 0. The van der Waals surface area contributed by atoms with Crippen LogP contribution in [0.5, 0.6) is 28.7 Å². The Kier molecular flexibility index (Phi) is 6.01. The first-order chi connectivity index (χ1) is 15.6. The van der Waals surface area contributed by atoms with Crippen LogP contribution in [-0.2, 0) is 21.7 Å². The van der Waals surface area contributed by atoms with Gasteiger partial charge in [0.25, 0.3) is 5.79 Å². The maximum atomic E-state index is 11.1. The number of benzene rings is 2. The molecular weight excluding hydrogens is 444 g/mol. The smallest absolute Gasteiger partial charge is 0.266 e. The molecule has 0 saturated carbocycles. The maximum Gasteiger partial charge on any atom is 0.266 e. The summed E-state index contributed by atoms with van der Waals surface area (Å²) in [5, 5.41) is 90.8. The summed E-state index contributed by atoms with van der Waals surface area (Å²) in [6.07, 6.45) is -10.3. The molecule has 0 unspecified atom stereocenters. The molecule has 1 saturated heterocycles. The Bertz CT molecular complexity index is 1030. The molecule has 2 aromatic rings. The molecule has 0 radical (unpaired) electrons. The normalized spacial score (nSPS) is 33.8. The van der Waals surface area contributed by atoms with Crippen molar-refractivity contribution in [3.63, 3.8) is 0 Å². The summed E-state index contributed by atoms with van der Waals surface area (Å²) in [7, 11) is 0. The Hall–Kier alpha value is -2.84. The van der Waals surface area contributed by atoms with Crippen LogP contribution in [0.1, 0.15) is 11.1 Å². The summed E-state index contributed by atoms with van der Waals surface area (Å²) in [6, 6.07) is 5.56. The molecule has 7 atom stereocenters. The van der Waals surface area contributed by atoms with Crippen LogP contribution in [0.4, 0.5) is 0 Å². The molecule has 12 heteroatoms. The van der Waals surface area contributed by atoms with Crippen LogP contribution >= 0.6 is 0 Å². The van der Waals surface area contributed by atoms with Crippen LogP contribution in [0.2, 0.25) is 0 Å². The fourth-order valence-corrected chi connectivity index (χ4v) is 3.97. The highest BCUT2D eigenvalue weighted by Crippen LogP contribution is 2.47. The second kappa shape index (κ2) is 8.50. The van der Waals surface area contributed by atoms with E-state index in [0.717, 1.165) is 24.3 Å². The van der Waals surface area contributed by atoms with E-state index in [1.165, 1.54) is 6.07 Å². The van der Waals surface area contributed by atoms with Crippen molar-refractivity contribution < 1.29 is 60.2 Å². The topological polar surface area (TPSA) is 210 Å². The van der Waals surface area contributed by atoms with Crippen LogP contribution in [0.25, 0.3) is 0 Å². The quantitative estimate of drug-likeness (QED) is 0.234. The van der Waals surface area contributed by atoms with Gasteiger partial charge < -0.3 is 60.2 Å². The molecule has 33 heavy (non-hydrogen) atoms. The van der Waals surface area contributed by atoms with Crippen molar-refractivity contribution in [1.29, 1.82) is 0 Å². The van der Waals surface area contributed by atoms with E-state index in [2.05, 4.69) is 0 Å². The van der Waals surface area contributed by atoms with Crippen LogP contribution in [0.15, 0.2) is 30.3 Å². The Labute approximate surface area is 186 Å². The number of hydrogen-bond donors (Lipinski definition) is 9.